The summed E-state index contributed by atoms with van der Waals surface area (Å²) < 4.78 is 0. The molecule has 1 heterocycles. The van der Waals surface area contributed by atoms with E-state index in [0.717, 1.165) is 16.7 Å². The van der Waals surface area contributed by atoms with E-state index >= 15 is 0 Å². The molecule has 2 aromatic rings. The minimum absolute atomic E-state index is 0.00529. The van der Waals surface area contributed by atoms with Gasteiger partial charge in [0.15, 0.2) is 10.5 Å². The number of nitrogens with zero attached hydrogens (tertiary/aromatic N) is 1. The molecule has 0 saturated heterocycles. The predicted octanol–water partition coefficient (Wildman–Crippen LogP) is 2.35. The summed E-state index contributed by atoms with van der Waals surface area (Å²) in [5.74, 6) is -0.770. The van der Waals surface area contributed by atoms with Crippen molar-refractivity contribution < 1.29 is 14.4 Å². The van der Waals surface area contributed by atoms with Gasteiger partial charge < -0.3 is 0 Å². The second-order valence-electron chi connectivity index (χ2n) is 5.17. The number of imide groups is 1. The third-order valence-electron chi connectivity index (χ3n) is 3.60. The van der Waals surface area contributed by atoms with Gasteiger partial charge >= 0.3 is 0 Å². The van der Waals surface area contributed by atoms with Gasteiger partial charge in [0.25, 0.3) is 11.8 Å². The molecule has 2 aromatic carbocycles. The van der Waals surface area contributed by atoms with Crippen LogP contribution in [0.1, 0.15) is 27.1 Å². The summed E-state index contributed by atoms with van der Waals surface area (Å²) in [6.07, 6.45) is -0.00577. The minimum Gasteiger partial charge on any atom is -0.289 e. The number of hydrogen-bond donors (Lipinski definition) is 0. The lowest BCUT2D eigenvalue weighted by atomic mass is 10.1. The van der Waals surface area contributed by atoms with E-state index in [2.05, 4.69) is 0 Å². The van der Waals surface area contributed by atoms with E-state index < -0.39 is 0 Å². The molecule has 1 aliphatic heterocycles. The van der Waals surface area contributed by atoms with E-state index in [4.69, 9.17) is 0 Å². The molecule has 0 saturated carbocycles. The topological polar surface area (TPSA) is 71.5 Å². The van der Waals surface area contributed by atoms with Crippen molar-refractivity contribution in [2.75, 3.05) is 6.54 Å². The van der Waals surface area contributed by atoms with E-state index in [1.54, 1.807) is 48.5 Å². The first-order valence-electron chi connectivity index (χ1n) is 7.33. The fourth-order valence-corrected chi connectivity index (χ4v) is 3.17. The maximum atomic E-state index is 12.2. The zero-order valence-corrected chi connectivity index (χ0v) is 13.4. The fourth-order valence-electron chi connectivity index (χ4n) is 2.42. The summed E-state index contributed by atoms with van der Waals surface area (Å²) in [4.78, 5) is 49.7. The molecular formula is C18H13NO4S. The largest absolute Gasteiger partial charge is 0.289 e. The molecule has 1 aliphatic rings. The van der Waals surface area contributed by atoms with Crippen LogP contribution in [0.5, 0.6) is 0 Å². The Morgan fingerprint density at radius 2 is 1.42 bits per heavy atom. The van der Waals surface area contributed by atoms with Gasteiger partial charge in [0.05, 0.1) is 16.0 Å². The van der Waals surface area contributed by atoms with Crippen molar-refractivity contribution in [1.82, 2.24) is 4.90 Å². The van der Waals surface area contributed by atoms with Gasteiger partial charge in [-0.15, -0.1) is 0 Å². The molecule has 2 amide bonds. The molecule has 0 bridgehead atoms. The summed E-state index contributed by atoms with van der Waals surface area (Å²) in [5.41, 5.74) is 0.484. The highest BCUT2D eigenvalue weighted by Crippen LogP contribution is 2.23. The van der Waals surface area contributed by atoms with Crippen LogP contribution in [0.25, 0.3) is 0 Å². The van der Waals surface area contributed by atoms with Gasteiger partial charge in [-0.2, -0.15) is 0 Å². The first kappa shape index (κ1) is 16.1. The highest BCUT2D eigenvalue weighted by atomic mass is 32.2. The first-order valence-corrected chi connectivity index (χ1v) is 8.15. The zero-order valence-electron chi connectivity index (χ0n) is 12.6. The van der Waals surface area contributed by atoms with Crippen LogP contribution in [0.2, 0.25) is 0 Å². The molecule has 0 radical (unpaired) electrons. The molecule has 0 aliphatic carbocycles. The van der Waals surface area contributed by atoms with Crippen LogP contribution >= 0.6 is 11.8 Å². The third kappa shape index (κ3) is 3.14. The van der Waals surface area contributed by atoms with Gasteiger partial charge in [0.1, 0.15) is 0 Å². The molecule has 0 aromatic heterocycles. The molecule has 0 spiro atoms. The Morgan fingerprint density at radius 3 is 2.08 bits per heavy atom. The van der Waals surface area contributed by atoms with Crippen molar-refractivity contribution in [3.8, 4) is 0 Å². The molecule has 6 heteroatoms. The van der Waals surface area contributed by atoms with Crippen LogP contribution in [0, 0.1) is 0 Å². The standard InChI is InChI=1S/C18H13NO4S/c20-14-8-2-1-3-9-15(14)24-16(21)10-11-19-17(22)12-6-4-5-7-13(12)18(19)23/h1-9H,10-11H2. The molecule has 120 valence electrons. The molecule has 0 atom stereocenters. The Bertz CT molecular complexity index is 859. The van der Waals surface area contributed by atoms with Gasteiger partial charge in [-0.25, -0.2) is 0 Å². The number of benzene rings is 1. The number of fused-ring (bicyclic) bond motifs is 1. The quantitative estimate of drug-likeness (QED) is 0.632. The molecule has 5 nitrogen and oxygen atoms in total. The summed E-state index contributed by atoms with van der Waals surface area (Å²) in [7, 11) is 0. The van der Waals surface area contributed by atoms with Crippen molar-refractivity contribution in [3.63, 3.8) is 0 Å². The van der Waals surface area contributed by atoms with Crippen molar-refractivity contribution in [2.45, 2.75) is 11.3 Å². The number of amides is 2. The predicted molar refractivity (Wildman–Crippen MR) is 90.0 cm³/mol. The van der Waals surface area contributed by atoms with Crippen LogP contribution in [-0.4, -0.2) is 28.4 Å². The van der Waals surface area contributed by atoms with Crippen molar-refractivity contribution in [1.29, 1.82) is 0 Å². The van der Waals surface area contributed by atoms with E-state index in [-0.39, 0.29) is 35.3 Å². The Hall–Kier alpha value is -2.73. The average Bonchev–Trinajstić information content (AvgIpc) is 2.71. The number of hydrogen-bond acceptors (Lipinski definition) is 5. The van der Waals surface area contributed by atoms with Gasteiger partial charge in [-0.05, 0) is 36.0 Å². The Kier molecular flexibility index (Phi) is 4.57. The Labute approximate surface area is 142 Å². The smallest absolute Gasteiger partial charge is 0.261 e. The van der Waals surface area contributed by atoms with Gasteiger partial charge in [-0.1, -0.05) is 30.3 Å². The minimum atomic E-state index is -0.385. The lowest BCUT2D eigenvalue weighted by Crippen LogP contribution is -2.31. The second-order valence-corrected chi connectivity index (χ2v) is 6.27. The SMILES string of the molecule is O=C(CCN1C(=O)c2ccccc2C1=O)Sc1cccccc1=O. The summed E-state index contributed by atoms with van der Waals surface area (Å²) in [5, 5.41) is -0.269. The molecule has 24 heavy (non-hydrogen) atoms. The van der Waals surface area contributed by atoms with E-state index in [0.29, 0.717) is 16.0 Å². The van der Waals surface area contributed by atoms with Crippen molar-refractivity contribution in [3.05, 3.63) is 75.9 Å². The number of carbonyl (C=O) groups is 3. The van der Waals surface area contributed by atoms with Gasteiger partial charge in [-0.3, -0.25) is 24.1 Å². The summed E-state index contributed by atoms with van der Waals surface area (Å²) in [6, 6.07) is 14.5. The molecular weight excluding hydrogens is 326 g/mol. The summed E-state index contributed by atoms with van der Waals surface area (Å²) >= 11 is 0.833. The van der Waals surface area contributed by atoms with Crippen LogP contribution in [0.3, 0.4) is 0 Å². The maximum Gasteiger partial charge on any atom is 0.261 e. The maximum absolute atomic E-state index is 12.2. The number of thioether (sulfide) groups is 1. The van der Waals surface area contributed by atoms with Crippen LogP contribution < -0.4 is 5.43 Å². The Morgan fingerprint density at radius 1 is 0.833 bits per heavy atom. The van der Waals surface area contributed by atoms with Crippen molar-refractivity contribution in [2.24, 2.45) is 0 Å². The second kappa shape index (κ2) is 6.80. The highest BCUT2D eigenvalue weighted by Gasteiger charge is 2.34. The summed E-state index contributed by atoms with van der Waals surface area (Å²) in [6.45, 7) is 0.00529. The van der Waals surface area contributed by atoms with Gasteiger partial charge in [0, 0.05) is 13.0 Å². The monoisotopic (exact) mass is 339 g/mol. The molecule has 0 unspecified atom stereocenters. The van der Waals surface area contributed by atoms with E-state index in [9.17, 15) is 19.2 Å². The van der Waals surface area contributed by atoms with E-state index in [1.807, 2.05) is 0 Å². The first-order chi connectivity index (χ1) is 11.6. The van der Waals surface area contributed by atoms with Gasteiger partial charge in [0.2, 0.25) is 0 Å². The lowest BCUT2D eigenvalue weighted by molar-refractivity contribution is -0.111. The zero-order chi connectivity index (χ0) is 17.1. The molecule has 0 N–H and O–H groups in total. The average molecular weight is 339 g/mol. The highest BCUT2D eigenvalue weighted by molar-refractivity contribution is 8.13. The van der Waals surface area contributed by atoms with Crippen molar-refractivity contribution >= 4 is 28.7 Å². The number of carbonyl (C=O) groups excluding carboxylic acids is 3. The van der Waals surface area contributed by atoms with E-state index in [1.165, 1.54) is 6.07 Å². The molecule has 0 fully saturated rings. The third-order valence-corrected chi connectivity index (χ3v) is 4.59. The fraction of sp³-hybridized carbons (Fsp3) is 0.111. The lowest BCUT2D eigenvalue weighted by Gasteiger charge is -2.12. The number of rotatable bonds is 4. The molecule has 3 rings (SSSR count). The van der Waals surface area contributed by atoms with Crippen LogP contribution in [0.4, 0.5) is 0 Å². The Balaban J connectivity index is 1.66. The van der Waals surface area contributed by atoms with Crippen LogP contribution in [0.15, 0.2) is 64.3 Å². The van der Waals surface area contributed by atoms with Crippen LogP contribution in [-0.2, 0) is 4.79 Å². The normalized spacial score (nSPS) is 13.1.